The number of rotatable bonds is 2. The third kappa shape index (κ3) is 1.59. The van der Waals surface area contributed by atoms with Crippen LogP contribution in [0.2, 0.25) is 0 Å². The Kier molecular flexibility index (Phi) is 2.29. The summed E-state index contributed by atoms with van der Waals surface area (Å²) in [5, 5.41) is 3.41. The number of primary amides is 1. The molecule has 0 radical (unpaired) electrons. The molecule has 6 nitrogen and oxygen atoms in total. The van der Waals surface area contributed by atoms with Crippen molar-refractivity contribution >= 4 is 22.9 Å². The Labute approximate surface area is 114 Å². The maximum Gasteiger partial charge on any atom is 0.251 e. The van der Waals surface area contributed by atoms with Gasteiger partial charge in [-0.1, -0.05) is 0 Å². The molecule has 4 N–H and O–H groups in total. The van der Waals surface area contributed by atoms with Gasteiger partial charge in [-0.25, -0.2) is 9.37 Å². The number of piperazine rings is 1. The molecular formula is C13H14FN5O. The summed E-state index contributed by atoms with van der Waals surface area (Å²) in [7, 11) is 0. The molecule has 20 heavy (non-hydrogen) atoms. The minimum Gasteiger partial charge on any atom is -0.366 e. The van der Waals surface area contributed by atoms with E-state index in [2.05, 4.69) is 20.2 Å². The largest absolute Gasteiger partial charge is 0.366 e. The van der Waals surface area contributed by atoms with E-state index < -0.39 is 11.7 Å². The number of amides is 1. The number of fused-ring (bicyclic) bond motifs is 3. The first-order valence-corrected chi connectivity index (χ1v) is 6.61. The number of hydrogen-bond acceptors (Lipinski definition) is 4. The van der Waals surface area contributed by atoms with Gasteiger partial charge in [-0.2, -0.15) is 0 Å². The summed E-state index contributed by atoms with van der Waals surface area (Å²) in [6, 6.07) is 3.36. The molecule has 7 heteroatoms. The number of H-pyrrole nitrogens is 1. The Bertz CT molecular complexity index is 712. The number of nitrogens with one attached hydrogen (secondary N) is 2. The second-order valence-corrected chi connectivity index (χ2v) is 5.42. The first-order chi connectivity index (χ1) is 9.61. The van der Waals surface area contributed by atoms with E-state index in [1.165, 1.54) is 6.07 Å². The fourth-order valence-corrected chi connectivity index (χ4v) is 3.21. The first kappa shape index (κ1) is 11.7. The maximum absolute atomic E-state index is 13.5. The highest BCUT2D eigenvalue weighted by Gasteiger charge is 2.39. The van der Waals surface area contributed by atoms with E-state index >= 15 is 0 Å². The SMILES string of the molecule is NC(=O)c1cc(F)cc2[nH]c(N3C[C@@H]4C[C@H]3CN4)nc12. The minimum absolute atomic E-state index is 0.116. The van der Waals surface area contributed by atoms with Gasteiger partial charge < -0.3 is 20.9 Å². The van der Waals surface area contributed by atoms with Gasteiger partial charge in [0.05, 0.1) is 11.1 Å². The van der Waals surface area contributed by atoms with E-state index in [0.717, 1.165) is 25.6 Å². The quantitative estimate of drug-likeness (QED) is 0.738. The lowest BCUT2D eigenvalue weighted by Gasteiger charge is -2.26. The molecule has 104 valence electrons. The number of aromatic nitrogens is 2. The van der Waals surface area contributed by atoms with Crippen LogP contribution in [-0.4, -0.2) is 41.0 Å². The monoisotopic (exact) mass is 275 g/mol. The van der Waals surface area contributed by atoms with Crippen LogP contribution >= 0.6 is 0 Å². The van der Waals surface area contributed by atoms with Gasteiger partial charge in [0.25, 0.3) is 5.91 Å². The Morgan fingerprint density at radius 1 is 1.50 bits per heavy atom. The standard InChI is InChI=1S/C13H14FN5O/c14-6-1-9(12(15)20)11-10(2-6)17-13(18-11)19-5-7-3-8(19)4-16-7/h1-2,7-8,16H,3-5H2,(H2,15,20)(H,17,18)/t7-,8-/m0/s1. The van der Waals surface area contributed by atoms with E-state index in [1.807, 2.05) is 0 Å². The molecule has 2 atom stereocenters. The van der Waals surface area contributed by atoms with Crippen LogP contribution in [0.4, 0.5) is 10.3 Å². The van der Waals surface area contributed by atoms with Crippen LogP contribution in [0.5, 0.6) is 0 Å². The molecule has 0 aliphatic carbocycles. The zero-order chi connectivity index (χ0) is 13.9. The van der Waals surface area contributed by atoms with Crippen molar-refractivity contribution < 1.29 is 9.18 Å². The molecular weight excluding hydrogens is 261 g/mol. The molecule has 1 aromatic carbocycles. The van der Waals surface area contributed by atoms with Crippen LogP contribution in [0.25, 0.3) is 11.0 Å². The van der Waals surface area contributed by atoms with Crippen molar-refractivity contribution in [1.82, 2.24) is 15.3 Å². The molecule has 2 bridgehead atoms. The van der Waals surface area contributed by atoms with Gasteiger partial charge in [-0.3, -0.25) is 4.79 Å². The molecule has 3 heterocycles. The lowest BCUT2D eigenvalue weighted by Crippen LogP contribution is -2.44. The van der Waals surface area contributed by atoms with Crippen molar-refractivity contribution in [2.75, 3.05) is 18.0 Å². The average molecular weight is 275 g/mol. The molecule has 2 saturated heterocycles. The number of anilines is 1. The normalized spacial score (nSPS) is 24.8. The van der Waals surface area contributed by atoms with Gasteiger partial charge in [0.15, 0.2) is 0 Å². The molecule has 1 amide bonds. The summed E-state index contributed by atoms with van der Waals surface area (Å²) in [5.74, 6) is -0.481. The summed E-state index contributed by atoms with van der Waals surface area (Å²) in [4.78, 5) is 21.1. The Balaban J connectivity index is 1.82. The molecule has 2 aliphatic rings. The van der Waals surface area contributed by atoms with Crippen LogP contribution in [0.1, 0.15) is 16.8 Å². The lowest BCUT2D eigenvalue weighted by atomic mass is 10.1. The van der Waals surface area contributed by atoms with Gasteiger partial charge in [0.2, 0.25) is 5.95 Å². The predicted octanol–water partition coefficient (Wildman–Crippen LogP) is 0.351. The first-order valence-electron chi connectivity index (χ1n) is 6.61. The van der Waals surface area contributed by atoms with Crippen molar-refractivity contribution in [1.29, 1.82) is 0 Å². The van der Waals surface area contributed by atoms with Crippen molar-refractivity contribution in [2.45, 2.75) is 18.5 Å². The lowest BCUT2D eigenvalue weighted by molar-refractivity contribution is 0.100. The summed E-state index contributed by atoms with van der Waals surface area (Å²) in [6.07, 6.45) is 1.09. The fraction of sp³-hybridized carbons (Fsp3) is 0.385. The number of aromatic amines is 1. The van der Waals surface area contributed by atoms with Gasteiger partial charge in [-0.15, -0.1) is 0 Å². The van der Waals surface area contributed by atoms with E-state index in [9.17, 15) is 9.18 Å². The van der Waals surface area contributed by atoms with Crippen molar-refractivity contribution in [2.24, 2.45) is 5.73 Å². The number of carbonyl (C=O) groups excluding carboxylic acids is 1. The number of nitrogens with zero attached hydrogens (tertiary/aromatic N) is 2. The summed E-state index contributed by atoms with van der Waals surface area (Å²) < 4.78 is 13.5. The zero-order valence-electron chi connectivity index (χ0n) is 10.7. The van der Waals surface area contributed by atoms with Crippen LogP contribution in [0.3, 0.4) is 0 Å². The number of imidazole rings is 1. The van der Waals surface area contributed by atoms with Crippen molar-refractivity contribution in [3.05, 3.63) is 23.5 Å². The van der Waals surface area contributed by atoms with Crippen molar-refractivity contribution in [3.63, 3.8) is 0 Å². The van der Waals surface area contributed by atoms with E-state index in [-0.39, 0.29) is 5.56 Å². The highest BCUT2D eigenvalue weighted by atomic mass is 19.1. The third-order valence-electron chi connectivity index (χ3n) is 4.13. The predicted molar refractivity (Wildman–Crippen MR) is 72.1 cm³/mol. The van der Waals surface area contributed by atoms with Crippen LogP contribution < -0.4 is 16.0 Å². The molecule has 0 unspecified atom stereocenters. The summed E-state index contributed by atoms with van der Waals surface area (Å²) in [5.41, 5.74) is 6.34. The number of carbonyl (C=O) groups is 1. The molecule has 0 spiro atoms. The van der Waals surface area contributed by atoms with Crippen molar-refractivity contribution in [3.8, 4) is 0 Å². The fourth-order valence-electron chi connectivity index (χ4n) is 3.21. The Morgan fingerprint density at radius 2 is 2.35 bits per heavy atom. The van der Waals surface area contributed by atoms with E-state index in [0.29, 0.717) is 29.1 Å². The Hall–Kier alpha value is -2.15. The maximum atomic E-state index is 13.5. The summed E-state index contributed by atoms with van der Waals surface area (Å²) in [6.45, 7) is 1.80. The second-order valence-electron chi connectivity index (χ2n) is 5.42. The summed E-state index contributed by atoms with van der Waals surface area (Å²) >= 11 is 0. The third-order valence-corrected chi connectivity index (χ3v) is 4.13. The van der Waals surface area contributed by atoms with E-state index in [4.69, 9.17) is 5.73 Å². The van der Waals surface area contributed by atoms with Crippen LogP contribution in [0.15, 0.2) is 12.1 Å². The van der Waals surface area contributed by atoms with Gasteiger partial charge in [0, 0.05) is 25.2 Å². The number of hydrogen-bond donors (Lipinski definition) is 3. The number of nitrogens with two attached hydrogens (primary N) is 1. The van der Waals surface area contributed by atoms with Gasteiger partial charge in [0.1, 0.15) is 11.3 Å². The second kappa shape index (κ2) is 3.92. The molecule has 4 rings (SSSR count). The van der Waals surface area contributed by atoms with Gasteiger partial charge >= 0.3 is 0 Å². The highest BCUT2D eigenvalue weighted by molar-refractivity contribution is 6.04. The van der Waals surface area contributed by atoms with Crippen LogP contribution in [-0.2, 0) is 0 Å². The molecule has 1 aromatic heterocycles. The number of benzene rings is 1. The topological polar surface area (TPSA) is 87.0 Å². The average Bonchev–Trinajstić information content (AvgIpc) is 3.10. The van der Waals surface area contributed by atoms with Gasteiger partial charge in [-0.05, 0) is 18.6 Å². The van der Waals surface area contributed by atoms with Crippen LogP contribution in [0, 0.1) is 5.82 Å². The zero-order valence-corrected chi connectivity index (χ0v) is 10.7. The van der Waals surface area contributed by atoms with E-state index in [1.54, 1.807) is 0 Å². The molecule has 0 saturated carbocycles. The minimum atomic E-state index is -0.669. The number of halogens is 1. The Morgan fingerprint density at radius 3 is 3.00 bits per heavy atom. The highest BCUT2D eigenvalue weighted by Crippen LogP contribution is 2.30. The molecule has 2 fully saturated rings. The molecule has 2 aromatic rings. The molecule has 2 aliphatic heterocycles. The smallest absolute Gasteiger partial charge is 0.251 e.